The molecule has 0 bridgehead atoms. The molecule has 0 unspecified atom stereocenters. The molecule has 3 N–H and O–H groups in total. The number of aromatic nitrogens is 1. The van der Waals surface area contributed by atoms with E-state index in [4.69, 9.17) is 5.11 Å². The van der Waals surface area contributed by atoms with Gasteiger partial charge < -0.3 is 20.3 Å². The Morgan fingerprint density at radius 2 is 2.00 bits per heavy atom. The number of hydrogen-bond acceptors (Lipinski definition) is 3. The molecule has 6 heteroatoms. The van der Waals surface area contributed by atoms with Crippen molar-refractivity contribution in [3.8, 4) is 0 Å². The molecule has 1 fully saturated rings. The van der Waals surface area contributed by atoms with Crippen LogP contribution in [0.2, 0.25) is 0 Å². The molecule has 0 aromatic carbocycles. The summed E-state index contributed by atoms with van der Waals surface area (Å²) in [5.74, 6) is -1.31. The maximum Gasteiger partial charge on any atom is 0.352 e. The number of nitrogens with one attached hydrogen (secondary N) is 2. The van der Waals surface area contributed by atoms with Crippen LogP contribution in [-0.4, -0.2) is 41.1 Å². The van der Waals surface area contributed by atoms with Crippen LogP contribution in [0.3, 0.4) is 0 Å². The Hall–Kier alpha value is -1.98. The molecule has 2 rings (SSSR count). The Balaban J connectivity index is 2.33. The minimum atomic E-state index is -1.05. The van der Waals surface area contributed by atoms with Crippen LogP contribution in [0, 0.1) is 0 Å². The van der Waals surface area contributed by atoms with Gasteiger partial charge in [0.2, 0.25) is 0 Å². The first-order valence-corrected chi connectivity index (χ1v) is 6.51. The largest absolute Gasteiger partial charge is 0.477 e. The summed E-state index contributed by atoms with van der Waals surface area (Å²) >= 11 is 0. The summed E-state index contributed by atoms with van der Waals surface area (Å²) < 4.78 is 0. The van der Waals surface area contributed by atoms with Gasteiger partial charge in [-0.2, -0.15) is 0 Å². The first-order valence-electron chi connectivity index (χ1n) is 6.51. The van der Waals surface area contributed by atoms with E-state index in [0.29, 0.717) is 11.4 Å². The molecule has 1 aromatic heterocycles. The molecule has 104 valence electrons. The van der Waals surface area contributed by atoms with Gasteiger partial charge in [0, 0.05) is 19.1 Å². The second-order valence-electron chi connectivity index (χ2n) is 5.07. The Kier molecular flexibility index (Phi) is 3.78. The minimum absolute atomic E-state index is 0.00973. The molecule has 0 aliphatic carbocycles. The van der Waals surface area contributed by atoms with Crippen LogP contribution in [-0.2, 0) is 0 Å². The maximum atomic E-state index is 12.1. The van der Waals surface area contributed by atoms with E-state index in [9.17, 15) is 9.59 Å². The third-order valence-electron chi connectivity index (χ3n) is 3.12. The molecule has 0 radical (unpaired) electrons. The number of aromatic amines is 1. The predicted octanol–water partition coefficient (Wildman–Crippen LogP) is 1.45. The number of amides is 1. The Morgan fingerprint density at radius 3 is 2.53 bits per heavy atom. The Morgan fingerprint density at radius 1 is 1.37 bits per heavy atom. The zero-order valence-corrected chi connectivity index (χ0v) is 11.2. The lowest BCUT2D eigenvalue weighted by Crippen LogP contribution is -2.32. The van der Waals surface area contributed by atoms with Crippen molar-refractivity contribution in [2.75, 3.05) is 18.0 Å². The van der Waals surface area contributed by atoms with E-state index in [0.717, 1.165) is 25.9 Å². The van der Waals surface area contributed by atoms with Crippen LogP contribution in [0.25, 0.3) is 0 Å². The number of aromatic carboxylic acids is 1. The molecule has 1 aliphatic rings. The third kappa shape index (κ3) is 2.89. The number of H-pyrrole nitrogens is 1. The summed E-state index contributed by atoms with van der Waals surface area (Å²) in [5, 5.41) is 11.8. The van der Waals surface area contributed by atoms with Crippen LogP contribution < -0.4 is 10.2 Å². The molecular weight excluding hydrogens is 246 g/mol. The first-order chi connectivity index (χ1) is 8.99. The van der Waals surface area contributed by atoms with E-state index < -0.39 is 5.97 Å². The van der Waals surface area contributed by atoms with Crippen LogP contribution in [0.15, 0.2) is 6.07 Å². The summed E-state index contributed by atoms with van der Waals surface area (Å²) in [6, 6.07) is 1.55. The van der Waals surface area contributed by atoms with Crippen molar-refractivity contribution in [3.63, 3.8) is 0 Å². The summed E-state index contributed by atoms with van der Waals surface area (Å²) in [5.41, 5.74) is 1.08. The maximum absolute atomic E-state index is 12.1. The molecular formula is C13H19N3O3. The fourth-order valence-electron chi connectivity index (χ4n) is 2.27. The van der Waals surface area contributed by atoms with Crippen molar-refractivity contribution in [2.24, 2.45) is 0 Å². The lowest BCUT2D eigenvalue weighted by molar-refractivity contribution is 0.0691. The average Bonchev–Trinajstić information content (AvgIpc) is 2.97. The SMILES string of the molecule is CC(C)NC(=O)c1[nH]c(C(=O)O)cc1N1CCCC1. The van der Waals surface area contributed by atoms with E-state index in [-0.39, 0.29) is 17.6 Å². The molecule has 1 aromatic rings. The Bertz CT molecular complexity index is 487. The number of anilines is 1. The fourth-order valence-corrected chi connectivity index (χ4v) is 2.27. The van der Waals surface area contributed by atoms with E-state index in [1.54, 1.807) is 6.07 Å². The van der Waals surface area contributed by atoms with E-state index in [1.807, 2.05) is 13.8 Å². The van der Waals surface area contributed by atoms with E-state index >= 15 is 0 Å². The summed E-state index contributed by atoms with van der Waals surface area (Å²) in [6.45, 7) is 5.46. The summed E-state index contributed by atoms with van der Waals surface area (Å²) in [7, 11) is 0. The van der Waals surface area contributed by atoms with Crippen LogP contribution in [0.1, 0.15) is 47.7 Å². The third-order valence-corrected chi connectivity index (χ3v) is 3.12. The second kappa shape index (κ2) is 5.34. The van der Waals surface area contributed by atoms with Crippen molar-refractivity contribution in [1.29, 1.82) is 0 Å². The number of rotatable bonds is 4. The Labute approximate surface area is 111 Å². The lowest BCUT2D eigenvalue weighted by Gasteiger charge is -2.18. The highest BCUT2D eigenvalue weighted by Crippen LogP contribution is 2.26. The normalized spacial score (nSPS) is 15.0. The van der Waals surface area contributed by atoms with Gasteiger partial charge in [-0.15, -0.1) is 0 Å². The van der Waals surface area contributed by atoms with Gasteiger partial charge in [0.25, 0.3) is 5.91 Å². The van der Waals surface area contributed by atoms with Gasteiger partial charge >= 0.3 is 5.97 Å². The molecule has 1 aliphatic heterocycles. The minimum Gasteiger partial charge on any atom is -0.477 e. The molecule has 6 nitrogen and oxygen atoms in total. The zero-order valence-electron chi connectivity index (χ0n) is 11.2. The van der Waals surface area contributed by atoms with Crippen molar-refractivity contribution in [3.05, 3.63) is 17.5 Å². The fraction of sp³-hybridized carbons (Fsp3) is 0.538. The van der Waals surface area contributed by atoms with Gasteiger partial charge in [0.15, 0.2) is 0 Å². The van der Waals surface area contributed by atoms with E-state index in [1.165, 1.54) is 0 Å². The van der Waals surface area contributed by atoms with Crippen molar-refractivity contribution in [1.82, 2.24) is 10.3 Å². The van der Waals surface area contributed by atoms with Crippen molar-refractivity contribution in [2.45, 2.75) is 32.7 Å². The topological polar surface area (TPSA) is 85.4 Å². The predicted molar refractivity (Wildman–Crippen MR) is 71.8 cm³/mol. The highest BCUT2D eigenvalue weighted by molar-refractivity contribution is 6.01. The van der Waals surface area contributed by atoms with Gasteiger partial charge in [-0.25, -0.2) is 4.79 Å². The quantitative estimate of drug-likeness (QED) is 0.769. The van der Waals surface area contributed by atoms with Crippen LogP contribution in [0.5, 0.6) is 0 Å². The molecule has 19 heavy (non-hydrogen) atoms. The highest BCUT2D eigenvalue weighted by Gasteiger charge is 2.24. The number of carbonyl (C=O) groups is 2. The molecule has 2 heterocycles. The smallest absolute Gasteiger partial charge is 0.352 e. The number of hydrogen-bond donors (Lipinski definition) is 3. The van der Waals surface area contributed by atoms with Crippen LogP contribution >= 0.6 is 0 Å². The van der Waals surface area contributed by atoms with Gasteiger partial charge in [0.05, 0.1) is 5.69 Å². The zero-order chi connectivity index (χ0) is 14.0. The van der Waals surface area contributed by atoms with Gasteiger partial charge in [-0.3, -0.25) is 4.79 Å². The highest BCUT2D eigenvalue weighted by atomic mass is 16.4. The van der Waals surface area contributed by atoms with Gasteiger partial charge in [-0.05, 0) is 32.8 Å². The monoisotopic (exact) mass is 265 g/mol. The molecule has 1 saturated heterocycles. The van der Waals surface area contributed by atoms with Gasteiger partial charge in [-0.1, -0.05) is 0 Å². The molecule has 0 atom stereocenters. The molecule has 0 saturated carbocycles. The van der Waals surface area contributed by atoms with Crippen molar-refractivity contribution < 1.29 is 14.7 Å². The number of carboxylic acid groups (broad SMARTS) is 1. The summed E-state index contributed by atoms with van der Waals surface area (Å²) in [4.78, 5) is 27.9. The second-order valence-corrected chi connectivity index (χ2v) is 5.07. The van der Waals surface area contributed by atoms with E-state index in [2.05, 4.69) is 15.2 Å². The average molecular weight is 265 g/mol. The van der Waals surface area contributed by atoms with Gasteiger partial charge in [0.1, 0.15) is 11.4 Å². The first kappa shape index (κ1) is 13.5. The lowest BCUT2D eigenvalue weighted by atomic mass is 10.3. The number of carbonyl (C=O) groups excluding carboxylic acids is 1. The summed E-state index contributed by atoms with van der Waals surface area (Å²) in [6.07, 6.45) is 2.14. The molecule has 0 spiro atoms. The molecule has 1 amide bonds. The van der Waals surface area contributed by atoms with Crippen molar-refractivity contribution >= 4 is 17.6 Å². The standard InChI is InChI=1S/C13H19N3O3/c1-8(2)14-12(17)11-10(16-5-3-4-6-16)7-9(15-11)13(18)19/h7-8,15H,3-6H2,1-2H3,(H,14,17)(H,18,19). The van der Waals surface area contributed by atoms with Crippen LogP contribution in [0.4, 0.5) is 5.69 Å². The number of carboxylic acids is 1. The number of nitrogens with zero attached hydrogens (tertiary/aromatic N) is 1.